The Balaban J connectivity index is 2.26. The molecule has 1 nitrogen and oxygen atoms in total. The van der Waals surface area contributed by atoms with Gasteiger partial charge < -0.3 is 4.74 Å². The molecule has 17 heavy (non-hydrogen) atoms. The number of hydrogen-bond donors (Lipinski definition) is 0. The zero-order chi connectivity index (χ0) is 12.3. The third-order valence-electron chi connectivity index (χ3n) is 3.62. The van der Waals surface area contributed by atoms with E-state index in [2.05, 4.69) is 25.6 Å². The molecule has 0 aliphatic carbocycles. The Hall–Kier alpha value is 0.310. The highest BCUT2D eigenvalue weighted by Crippen LogP contribution is 2.22. The third kappa shape index (κ3) is 7.35. The van der Waals surface area contributed by atoms with Crippen molar-refractivity contribution >= 4 is 11.8 Å². The maximum Gasteiger partial charge on any atom is 0.0584 e. The normalized spacial score (nSPS) is 27.2. The molecule has 0 N–H and O–H groups in total. The van der Waals surface area contributed by atoms with E-state index in [9.17, 15) is 0 Å². The maximum absolute atomic E-state index is 6.29. The van der Waals surface area contributed by atoms with Gasteiger partial charge in [0, 0.05) is 0 Å². The van der Waals surface area contributed by atoms with Gasteiger partial charge in [0.15, 0.2) is 0 Å². The summed E-state index contributed by atoms with van der Waals surface area (Å²) in [5, 5.41) is 0. The van der Waals surface area contributed by atoms with Crippen LogP contribution < -0.4 is 0 Å². The quantitative estimate of drug-likeness (QED) is 0.617. The molecule has 1 aliphatic rings. The second kappa shape index (κ2) is 10.3. The molecule has 2 heteroatoms. The lowest BCUT2D eigenvalue weighted by molar-refractivity contribution is -0.0236. The van der Waals surface area contributed by atoms with Crippen molar-refractivity contribution in [2.45, 2.75) is 83.8 Å². The zero-order valence-corrected chi connectivity index (χ0v) is 12.6. The van der Waals surface area contributed by atoms with Crippen LogP contribution in [0.4, 0.5) is 0 Å². The van der Waals surface area contributed by atoms with Gasteiger partial charge in [-0.1, -0.05) is 39.5 Å². The van der Waals surface area contributed by atoms with Crippen molar-refractivity contribution in [2.75, 3.05) is 11.5 Å². The van der Waals surface area contributed by atoms with Crippen LogP contribution in [0, 0.1) is 0 Å². The lowest BCUT2D eigenvalue weighted by Gasteiger charge is -2.23. The summed E-state index contributed by atoms with van der Waals surface area (Å²) in [4.78, 5) is 0. The number of thioether (sulfide) groups is 1. The minimum atomic E-state index is 0.525. The second-order valence-electron chi connectivity index (χ2n) is 5.18. The van der Waals surface area contributed by atoms with Crippen LogP contribution in [0.1, 0.15) is 71.6 Å². The summed E-state index contributed by atoms with van der Waals surface area (Å²) in [6.45, 7) is 4.54. The van der Waals surface area contributed by atoms with Gasteiger partial charge in [0.05, 0.1) is 12.2 Å². The van der Waals surface area contributed by atoms with E-state index in [-0.39, 0.29) is 0 Å². The first-order chi connectivity index (χ1) is 8.36. The summed E-state index contributed by atoms with van der Waals surface area (Å²) >= 11 is 2.12. The van der Waals surface area contributed by atoms with E-state index in [4.69, 9.17) is 4.74 Å². The largest absolute Gasteiger partial charge is 0.375 e. The molecule has 0 saturated carbocycles. The molecule has 2 atom stereocenters. The van der Waals surface area contributed by atoms with E-state index in [1.165, 1.54) is 69.3 Å². The van der Waals surface area contributed by atoms with Gasteiger partial charge in [-0.3, -0.25) is 0 Å². The van der Waals surface area contributed by atoms with Crippen LogP contribution in [0.15, 0.2) is 0 Å². The van der Waals surface area contributed by atoms with Crippen molar-refractivity contribution in [3.05, 3.63) is 0 Å². The highest BCUT2D eigenvalue weighted by Gasteiger charge is 2.16. The van der Waals surface area contributed by atoms with Crippen LogP contribution in [0.2, 0.25) is 0 Å². The summed E-state index contributed by atoms with van der Waals surface area (Å²) in [5.74, 6) is 2.63. The lowest BCUT2D eigenvalue weighted by Crippen LogP contribution is -2.22. The van der Waals surface area contributed by atoms with Crippen LogP contribution in [0.5, 0.6) is 0 Å². The number of unbranched alkanes of at least 4 members (excludes halogenated alkanes) is 3. The summed E-state index contributed by atoms with van der Waals surface area (Å²) in [5.41, 5.74) is 0. The summed E-state index contributed by atoms with van der Waals surface area (Å²) in [6.07, 6.45) is 12.9. The molecular weight excluding hydrogens is 228 g/mol. The average Bonchev–Trinajstić information content (AvgIpc) is 2.46. The van der Waals surface area contributed by atoms with E-state index in [0.29, 0.717) is 12.2 Å². The van der Waals surface area contributed by atoms with Crippen molar-refractivity contribution in [1.82, 2.24) is 0 Å². The minimum Gasteiger partial charge on any atom is -0.375 e. The summed E-state index contributed by atoms with van der Waals surface area (Å²) in [7, 11) is 0. The molecule has 0 bridgehead atoms. The van der Waals surface area contributed by atoms with E-state index < -0.39 is 0 Å². The Morgan fingerprint density at radius 2 is 1.88 bits per heavy atom. The Bertz CT molecular complexity index is 172. The van der Waals surface area contributed by atoms with Crippen molar-refractivity contribution in [2.24, 2.45) is 0 Å². The molecule has 1 heterocycles. The molecule has 1 rings (SSSR count). The first-order valence-corrected chi connectivity index (χ1v) is 8.75. The topological polar surface area (TPSA) is 9.23 Å². The van der Waals surface area contributed by atoms with Crippen LogP contribution in [0.25, 0.3) is 0 Å². The van der Waals surface area contributed by atoms with Gasteiger partial charge in [0.25, 0.3) is 0 Å². The van der Waals surface area contributed by atoms with Gasteiger partial charge in [0.1, 0.15) is 0 Å². The van der Waals surface area contributed by atoms with Gasteiger partial charge in [-0.05, 0) is 43.6 Å². The first-order valence-electron chi connectivity index (χ1n) is 7.60. The number of hydrogen-bond acceptors (Lipinski definition) is 2. The van der Waals surface area contributed by atoms with Gasteiger partial charge in [-0.25, -0.2) is 0 Å². The van der Waals surface area contributed by atoms with Crippen LogP contribution in [-0.2, 0) is 4.74 Å². The number of rotatable bonds is 6. The fraction of sp³-hybridized carbons (Fsp3) is 1.00. The molecule has 1 aliphatic heterocycles. The maximum atomic E-state index is 6.29. The Kier molecular flexibility index (Phi) is 9.27. The van der Waals surface area contributed by atoms with Crippen molar-refractivity contribution < 1.29 is 4.74 Å². The molecule has 0 spiro atoms. The highest BCUT2D eigenvalue weighted by molar-refractivity contribution is 7.99. The minimum absolute atomic E-state index is 0.525. The molecule has 1 saturated heterocycles. The van der Waals surface area contributed by atoms with Gasteiger partial charge in [-0.2, -0.15) is 11.8 Å². The molecule has 0 aromatic carbocycles. The van der Waals surface area contributed by atoms with Crippen molar-refractivity contribution in [1.29, 1.82) is 0 Å². The Morgan fingerprint density at radius 1 is 1.00 bits per heavy atom. The standard InChI is InChI=1S/C15H30OS/c1-3-5-6-7-9-15-10-8-12-17-13-11-14(4-2)16-15/h14-15H,3-13H2,1-2H3/t14-,15+/m1/s1. The first kappa shape index (κ1) is 15.4. The predicted molar refractivity (Wildman–Crippen MR) is 78.9 cm³/mol. The third-order valence-corrected chi connectivity index (χ3v) is 4.72. The monoisotopic (exact) mass is 258 g/mol. The van der Waals surface area contributed by atoms with E-state index >= 15 is 0 Å². The molecule has 0 unspecified atom stereocenters. The van der Waals surface area contributed by atoms with Crippen LogP contribution >= 0.6 is 11.8 Å². The smallest absolute Gasteiger partial charge is 0.0584 e. The van der Waals surface area contributed by atoms with Crippen molar-refractivity contribution in [3.8, 4) is 0 Å². The summed E-state index contributed by atoms with van der Waals surface area (Å²) < 4.78 is 6.29. The Labute approximate surface area is 112 Å². The van der Waals surface area contributed by atoms with Crippen LogP contribution in [0.3, 0.4) is 0 Å². The van der Waals surface area contributed by atoms with Gasteiger partial charge >= 0.3 is 0 Å². The lowest BCUT2D eigenvalue weighted by atomic mass is 10.0. The van der Waals surface area contributed by atoms with Crippen LogP contribution in [-0.4, -0.2) is 23.7 Å². The average molecular weight is 258 g/mol. The highest BCUT2D eigenvalue weighted by atomic mass is 32.2. The molecule has 0 radical (unpaired) electrons. The molecule has 0 amide bonds. The van der Waals surface area contributed by atoms with E-state index in [1.54, 1.807) is 0 Å². The number of ether oxygens (including phenoxy) is 1. The van der Waals surface area contributed by atoms with Crippen molar-refractivity contribution in [3.63, 3.8) is 0 Å². The molecule has 0 aromatic heterocycles. The molecule has 102 valence electrons. The van der Waals surface area contributed by atoms with Gasteiger partial charge in [0.2, 0.25) is 0 Å². The van der Waals surface area contributed by atoms with E-state index in [1.807, 2.05) is 0 Å². The molecule has 1 fully saturated rings. The molecular formula is C15H30OS. The molecule has 0 aromatic rings. The summed E-state index contributed by atoms with van der Waals surface area (Å²) in [6, 6.07) is 0. The zero-order valence-electron chi connectivity index (χ0n) is 11.7. The van der Waals surface area contributed by atoms with Gasteiger partial charge in [-0.15, -0.1) is 0 Å². The fourth-order valence-electron chi connectivity index (χ4n) is 2.45. The SMILES string of the molecule is CCCCCC[C@H]1CCCSCC[C@@H](CC)O1. The predicted octanol–water partition coefficient (Wildman–Crippen LogP) is 5.04. The second-order valence-corrected chi connectivity index (χ2v) is 6.41. The van der Waals surface area contributed by atoms with E-state index in [0.717, 1.165) is 0 Å². The Morgan fingerprint density at radius 3 is 2.65 bits per heavy atom. The fourth-order valence-corrected chi connectivity index (χ4v) is 3.45.